The number of nitrogens with one attached hydrogen (secondary N) is 2. The van der Waals surface area contributed by atoms with Gasteiger partial charge in [0.15, 0.2) is 0 Å². The molecule has 0 spiro atoms. The summed E-state index contributed by atoms with van der Waals surface area (Å²) in [6.07, 6.45) is 5.55. The molecule has 6 nitrogen and oxygen atoms in total. The third-order valence-corrected chi connectivity index (χ3v) is 5.36. The fourth-order valence-corrected chi connectivity index (χ4v) is 3.55. The summed E-state index contributed by atoms with van der Waals surface area (Å²) >= 11 is 12.4. The Labute approximate surface area is 171 Å². The van der Waals surface area contributed by atoms with Crippen LogP contribution in [0.4, 0.5) is 0 Å². The normalized spacial score (nSPS) is 11.4. The summed E-state index contributed by atoms with van der Waals surface area (Å²) in [4.78, 5) is 24.8. The molecule has 0 radical (unpaired) electrons. The minimum Gasteiger partial charge on any atom is -0.355 e. The average Bonchev–Trinajstić information content (AvgIpc) is 3.24. The number of pyridine rings is 1. The van der Waals surface area contributed by atoms with E-state index in [1.807, 2.05) is 22.9 Å². The van der Waals surface area contributed by atoms with Gasteiger partial charge in [0.2, 0.25) is 5.91 Å². The van der Waals surface area contributed by atoms with E-state index in [0.717, 1.165) is 35.0 Å². The predicted octanol–water partition coefficient (Wildman–Crippen LogP) is 4.80. The second kappa shape index (κ2) is 7.81. The zero-order valence-electron chi connectivity index (χ0n) is 15.3. The van der Waals surface area contributed by atoms with Crippen molar-refractivity contribution in [3.8, 4) is 11.4 Å². The Hall–Kier alpha value is -2.57. The van der Waals surface area contributed by atoms with E-state index in [9.17, 15) is 4.79 Å². The molecule has 144 valence electrons. The Kier molecular flexibility index (Phi) is 5.24. The van der Waals surface area contributed by atoms with Gasteiger partial charge in [-0.1, -0.05) is 36.5 Å². The van der Waals surface area contributed by atoms with Crippen LogP contribution in [0.1, 0.15) is 19.8 Å². The molecule has 28 heavy (non-hydrogen) atoms. The molecule has 8 heteroatoms. The van der Waals surface area contributed by atoms with Crippen molar-refractivity contribution < 1.29 is 4.79 Å². The number of carbonyl (C=O) groups is 1. The molecule has 0 aliphatic carbocycles. The van der Waals surface area contributed by atoms with E-state index in [1.165, 1.54) is 0 Å². The fourth-order valence-electron chi connectivity index (χ4n) is 3.23. The molecule has 0 bridgehead atoms. The smallest absolute Gasteiger partial charge is 0.240 e. The van der Waals surface area contributed by atoms with Gasteiger partial charge in [-0.2, -0.15) is 0 Å². The number of carbonyl (C=O) groups excluding carboxylic acids is 1. The van der Waals surface area contributed by atoms with E-state index in [2.05, 4.69) is 22.2 Å². The SMILES string of the molecule is CCCCNC(=O)Cn1c(-c2c[nH]c3ncccc23)nc2cc(Cl)c(Cl)cc21. The van der Waals surface area contributed by atoms with Crippen molar-refractivity contribution in [2.45, 2.75) is 26.3 Å². The number of H-pyrrole nitrogens is 1. The van der Waals surface area contributed by atoms with Crippen LogP contribution in [0.25, 0.3) is 33.5 Å². The molecule has 0 unspecified atom stereocenters. The van der Waals surface area contributed by atoms with Crippen molar-refractivity contribution in [3.63, 3.8) is 0 Å². The number of aromatic amines is 1. The average molecular weight is 416 g/mol. The Bertz CT molecular complexity index is 1160. The lowest BCUT2D eigenvalue weighted by Gasteiger charge is -2.10. The largest absolute Gasteiger partial charge is 0.355 e. The number of benzene rings is 1. The van der Waals surface area contributed by atoms with Gasteiger partial charge in [0, 0.05) is 29.9 Å². The second-order valence-electron chi connectivity index (χ2n) is 6.58. The van der Waals surface area contributed by atoms with Gasteiger partial charge < -0.3 is 14.9 Å². The van der Waals surface area contributed by atoms with E-state index in [-0.39, 0.29) is 12.5 Å². The molecule has 2 N–H and O–H groups in total. The van der Waals surface area contributed by atoms with E-state index in [1.54, 1.807) is 18.3 Å². The van der Waals surface area contributed by atoms with Crippen molar-refractivity contribution in [3.05, 3.63) is 46.7 Å². The number of imidazole rings is 1. The molecule has 0 aliphatic rings. The molecule has 4 aromatic rings. The molecule has 0 aliphatic heterocycles. The van der Waals surface area contributed by atoms with Crippen LogP contribution in [0.5, 0.6) is 0 Å². The van der Waals surface area contributed by atoms with Crippen LogP contribution in [0.15, 0.2) is 36.7 Å². The van der Waals surface area contributed by atoms with Crippen molar-refractivity contribution >= 4 is 51.2 Å². The van der Waals surface area contributed by atoms with Crippen molar-refractivity contribution in [2.24, 2.45) is 0 Å². The van der Waals surface area contributed by atoms with E-state index < -0.39 is 0 Å². The molecule has 3 aromatic heterocycles. The molecule has 1 aromatic carbocycles. The van der Waals surface area contributed by atoms with Gasteiger partial charge in [0.05, 0.1) is 21.1 Å². The maximum absolute atomic E-state index is 12.5. The van der Waals surface area contributed by atoms with Crippen LogP contribution in [-0.4, -0.2) is 32.0 Å². The first-order valence-corrected chi connectivity index (χ1v) is 9.88. The molecule has 0 saturated heterocycles. The summed E-state index contributed by atoms with van der Waals surface area (Å²) in [5.41, 5.74) is 3.07. The number of hydrogen-bond donors (Lipinski definition) is 2. The third kappa shape index (κ3) is 3.45. The summed E-state index contributed by atoms with van der Waals surface area (Å²) in [7, 11) is 0. The Balaban J connectivity index is 1.84. The minimum atomic E-state index is -0.0713. The lowest BCUT2D eigenvalue weighted by atomic mass is 10.2. The van der Waals surface area contributed by atoms with Gasteiger partial charge >= 0.3 is 0 Å². The summed E-state index contributed by atoms with van der Waals surface area (Å²) in [5, 5.41) is 4.74. The van der Waals surface area contributed by atoms with Gasteiger partial charge in [-0.05, 0) is 30.7 Å². The number of amides is 1. The zero-order chi connectivity index (χ0) is 19.7. The fraction of sp³-hybridized carbons (Fsp3) is 0.250. The maximum Gasteiger partial charge on any atom is 0.240 e. The van der Waals surface area contributed by atoms with Gasteiger partial charge in [0.25, 0.3) is 0 Å². The maximum atomic E-state index is 12.5. The number of aromatic nitrogens is 4. The first kappa shape index (κ1) is 18.8. The highest BCUT2D eigenvalue weighted by Gasteiger charge is 2.19. The Morgan fingerprint density at radius 2 is 2.11 bits per heavy atom. The number of halogens is 2. The first-order valence-electron chi connectivity index (χ1n) is 9.13. The van der Waals surface area contributed by atoms with E-state index in [4.69, 9.17) is 28.2 Å². The number of rotatable bonds is 6. The van der Waals surface area contributed by atoms with Crippen LogP contribution in [0, 0.1) is 0 Å². The molecular formula is C20H19Cl2N5O. The van der Waals surface area contributed by atoms with E-state index >= 15 is 0 Å². The quantitative estimate of drug-likeness (QED) is 0.443. The van der Waals surface area contributed by atoms with Gasteiger partial charge in [-0.15, -0.1) is 0 Å². The van der Waals surface area contributed by atoms with Crippen molar-refractivity contribution in [1.82, 2.24) is 24.8 Å². The topological polar surface area (TPSA) is 75.6 Å². The zero-order valence-corrected chi connectivity index (χ0v) is 16.8. The van der Waals surface area contributed by atoms with Crippen LogP contribution in [0.3, 0.4) is 0 Å². The Morgan fingerprint density at radius 1 is 1.29 bits per heavy atom. The third-order valence-electron chi connectivity index (χ3n) is 4.64. The second-order valence-corrected chi connectivity index (χ2v) is 7.40. The number of fused-ring (bicyclic) bond motifs is 2. The lowest BCUT2D eigenvalue weighted by molar-refractivity contribution is -0.121. The van der Waals surface area contributed by atoms with Crippen molar-refractivity contribution in [2.75, 3.05) is 6.54 Å². The number of unbranched alkanes of at least 4 members (excludes halogenated alkanes) is 1. The monoisotopic (exact) mass is 415 g/mol. The molecule has 3 heterocycles. The Morgan fingerprint density at radius 3 is 2.93 bits per heavy atom. The van der Waals surface area contributed by atoms with Gasteiger partial charge in [0.1, 0.15) is 18.0 Å². The molecular weight excluding hydrogens is 397 g/mol. The van der Waals surface area contributed by atoms with Gasteiger partial charge in [-0.3, -0.25) is 4.79 Å². The first-order chi connectivity index (χ1) is 13.6. The van der Waals surface area contributed by atoms with Crippen LogP contribution < -0.4 is 5.32 Å². The highest BCUT2D eigenvalue weighted by atomic mass is 35.5. The lowest BCUT2D eigenvalue weighted by Crippen LogP contribution is -2.28. The highest BCUT2D eigenvalue weighted by Crippen LogP contribution is 2.33. The number of nitrogens with zero attached hydrogens (tertiary/aromatic N) is 3. The number of hydrogen-bond acceptors (Lipinski definition) is 3. The summed E-state index contributed by atoms with van der Waals surface area (Å²) < 4.78 is 1.87. The van der Waals surface area contributed by atoms with Crippen molar-refractivity contribution in [1.29, 1.82) is 0 Å². The predicted molar refractivity (Wildman–Crippen MR) is 113 cm³/mol. The minimum absolute atomic E-state index is 0.0713. The molecule has 0 saturated carbocycles. The van der Waals surface area contributed by atoms with Crippen LogP contribution in [-0.2, 0) is 11.3 Å². The summed E-state index contributed by atoms with van der Waals surface area (Å²) in [6, 6.07) is 7.32. The van der Waals surface area contributed by atoms with Crippen LogP contribution in [0.2, 0.25) is 10.0 Å². The summed E-state index contributed by atoms with van der Waals surface area (Å²) in [5.74, 6) is 0.594. The molecule has 1 amide bonds. The van der Waals surface area contributed by atoms with E-state index in [0.29, 0.717) is 27.9 Å². The standard InChI is InChI=1S/C20H19Cl2N5O/c1-2-3-6-23-18(28)11-27-17-9-15(22)14(21)8-16(17)26-20(27)13-10-25-19-12(13)5-4-7-24-19/h4-5,7-10H,2-3,6,11H2,1H3,(H,23,28)(H,24,25). The molecule has 0 fully saturated rings. The molecule has 0 atom stereocenters. The van der Waals surface area contributed by atoms with Crippen LogP contribution >= 0.6 is 23.2 Å². The van der Waals surface area contributed by atoms with Gasteiger partial charge in [-0.25, -0.2) is 9.97 Å². The molecule has 4 rings (SSSR count). The highest BCUT2D eigenvalue weighted by molar-refractivity contribution is 6.42. The summed E-state index contributed by atoms with van der Waals surface area (Å²) in [6.45, 7) is 2.88.